The molecule has 0 amide bonds. The molecule has 0 unspecified atom stereocenters. The molecule has 0 bridgehead atoms. The van der Waals surface area contributed by atoms with E-state index in [1.54, 1.807) is 6.07 Å². The number of fused-ring (bicyclic) bond motifs is 1. The van der Waals surface area contributed by atoms with E-state index in [-0.39, 0.29) is 10.6 Å². The van der Waals surface area contributed by atoms with Crippen LogP contribution in [0.25, 0.3) is 0 Å². The SMILES string of the molecule is COc1cc(N2C[C@H]3CNC[C@H]3C2)cc([N+](=O)[O-])c1. The maximum absolute atomic E-state index is 11.0. The van der Waals surface area contributed by atoms with Crippen LogP contribution in [0.5, 0.6) is 5.75 Å². The Bertz CT molecular complexity index is 494. The zero-order valence-corrected chi connectivity index (χ0v) is 10.8. The molecular weight excluding hydrogens is 246 g/mol. The third-order valence-corrected chi connectivity index (χ3v) is 4.08. The number of nitro groups is 1. The maximum atomic E-state index is 11.0. The van der Waals surface area contributed by atoms with E-state index in [2.05, 4.69) is 10.2 Å². The minimum Gasteiger partial charge on any atom is -0.496 e. The molecular formula is C13H17N3O3. The zero-order valence-electron chi connectivity index (χ0n) is 10.8. The molecule has 2 aliphatic rings. The Hall–Kier alpha value is -1.82. The fraction of sp³-hybridized carbons (Fsp3) is 0.538. The van der Waals surface area contributed by atoms with Crippen molar-refractivity contribution in [3.63, 3.8) is 0 Å². The molecule has 2 saturated heterocycles. The van der Waals surface area contributed by atoms with Gasteiger partial charge in [-0.2, -0.15) is 0 Å². The van der Waals surface area contributed by atoms with Crippen molar-refractivity contribution in [3.05, 3.63) is 28.3 Å². The first-order valence-corrected chi connectivity index (χ1v) is 6.46. The van der Waals surface area contributed by atoms with Crippen LogP contribution in [-0.2, 0) is 0 Å². The third-order valence-electron chi connectivity index (χ3n) is 4.08. The Morgan fingerprint density at radius 1 is 1.32 bits per heavy atom. The van der Waals surface area contributed by atoms with E-state index in [0.29, 0.717) is 17.6 Å². The van der Waals surface area contributed by atoms with E-state index in [0.717, 1.165) is 31.9 Å². The third kappa shape index (κ3) is 2.23. The lowest BCUT2D eigenvalue weighted by molar-refractivity contribution is -0.384. The van der Waals surface area contributed by atoms with E-state index in [1.165, 1.54) is 13.2 Å². The number of nitrogens with zero attached hydrogens (tertiary/aromatic N) is 2. The largest absolute Gasteiger partial charge is 0.496 e. The Balaban J connectivity index is 1.88. The second-order valence-electron chi connectivity index (χ2n) is 5.23. The van der Waals surface area contributed by atoms with Gasteiger partial charge in [0.2, 0.25) is 0 Å². The molecule has 2 aliphatic heterocycles. The normalized spacial score (nSPS) is 25.4. The van der Waals surface area contributed by atoms with Gasteiger partial charge in [-0.15, -0.1) is 0 Å². The maximum Gasteiger partial charge on any atom is 0.275 e. The highest BCUT2D eigenvalue weighted by molar-refractivity contribution is 5.58. The number of methoxy groups -OCH3 is 1. The van der Waals surface area contributed by atoms with Gasteiger partial charge in [0.25, 0.3) is 5.69 Å². The molecule has 1 aromatic carbocycles. The molecule has 6 nitrogen and oxygen atoms in total. The molecule has 3 rings (SSSR count). The monoisotopic (exact) mass is 263 g/mol. The number of ether oxygens (including phenoxy) is 1. The van der Waals surface area contributed by atoms with Gasteiger partial charge in [0, 0.05) is 44.0 Å². The smallest absolute Gasteiger partial charge is 0.275 e. The molecule has 102 valence electrons. The van der Waals surface area contributed by atoms with Gasteiger partial charge in [-0.3, -0.25) is 10.1 Å². The van der Waals surface area contributed by atoms with Gasteiger partial charge >= 0.3 is 0 Å². The van der Waals surface area contributed by atoms with E-state index >= 15 is 0 Å². The van der Waals surface area contributed by atoms with Gasteiger partial charge in [-0.05, 0) is 11.8 Å². The summed E-state index contributed by atoms with van der Waals surface area (Å²) in [5.74, 6) is 1.86. The lowest BCUT2D eigenvalue weighted by Gasteiger charge is -2.20. The van der Waals surface area contributed by atoms with Gasteiger partial charge in [0.05, 0.1) is 18.1 Å². The van der Waals surface area contributed by atoms with Crippen molar-refractivity contribution in [2.45, 2.75) is 0 Å². The van der Waals surface area contributed by atoms with E-state index in [1.807, 2.05) is 6.07 Å². The van der Waals surface area contributed by atoms with Gasteiger partial charge in [-0.1, -0.05) is 0 Å². The molecule has 19 heavy (non-hydrogen) atoms. The Morgan fingerprint density at radius 2 is 2.00 bits per heavy atom. The molecule has 0 saturated carbocycles. The molecule has 2 fully saturated rings. The van der Waals surface area contributed by atoms with Crippen LogP contribution in [0.1, 0.15) is 0 Å². The number of nitro benzene ring substituents is 1. The summed E-state index contributed by atoms with van der Waals surface area (Å²) < 4.78 is 5.16. The number of rotatable bonds is 3. The summed E-state index contributed by atoms with van der Waals surface area (Å²) in [4.78, 5) is 12.8. The molecule has 2 atom stereocenters. The summed E-state index contributed by atoms with van der Waals surface area (Å²) in [7, 11) is 1.53. The molecule has 6 heteroatoms. The number of nitrogens with one attached hydrogen (secondary N) is 1. The zero-order chi connectivity index (χ0) is 13.4. The fourth-order valence-electron chi connectivity index (χ4n) is 3.04. The second kappa shape index (κ2) is 4.70. The Morgan fingerprint density at radius 3 is 2.58 bits per heavy atom. The summed E-state index contributed by atoms with van der Waals surface area (Å²) >= 11 is 0. The quantitative estimate of drug-likeness (QED) is 0.657. The van der Waals surface area contributed by atoms with Crippen molar-refractivity contribution in [3.8, 4) is 5.75 Å². The highest BCUT2D eigenvalue weighted by atomic mass is 16.6. The van der Waals surface area contributed by atoms with Crippen LogP contribution in [0, 0.1) is 22.0 Å². The van der Waals surface area contributed by atoms with Crippen LogP contribution in [0.2, 0.25) is 0 Å². The van der Waals surface area contributed by atoms with Gasteiger partial charge in [-0.25, -0.2) is 0 Å². The van der Waals surface area contributed by atoms with E-state index in [4.69, 9.17) is 4.74 Å². The molecule has 0 radical (unpaired) electrons. The predicted molar refractivity (Wildman–Crippen MR) is 71.7 cm³/mol. The van der Waals surface area contributed by atoms with Crippen LogP contribution in [0.3, 0.4) is 0 Å². The standard InChI is InChI=1S/C13H17N3O3/c1-19-13-3-11(2-12(4-13)16(17)18)15-7-9-5-14-6-10(9)8-15/h2-4,9-10,14H,5-8H2,1H3/t9-,10+. The highest BCUT2D eigenvalue weighted by Crippen LogP contribution is 2.34. The summed E-state index contributed by atoms with van der Waals surface area (Å²) in [5.41, 5.74) is 0.977. The van der Waals surface area contributed by atoms with Crippen LogP contribution >= 0.6 is 0 Å². The minimum atomic E-state index is -0.371. The van der Waals surface area contributed by atoms with Crippen LogP contribution in [0.15, 0.2) is 18.2 Å². The predicted octanol–water partition coefficient (Wildman–Crippen LogP) is 1.26. The lowest BCUT2D eigenvalue weighted by atomic mass is 10.0. The summed E-state index contributed by atoms with van der Waals surface area (Å²) in [5, 5.41) is 14.3. The van der Waals surface area contributed by atoms with Crippen LogP contribution < -0.4 is 15.0 Å². The number of hydrogen-bond donors (Lipinski definition) is 1. The van der Waals surface area contributed by atoms with Gasteiger partial charge < -0.3 is 15.0 Å². The lowest BCUT2D eigenvalue weighted by Crippen LogP contribution is -2.25. The van der Waals surface area contributed by atoms with Crippen molar-refractivity contribution in [2.75, 3.05) is 38.2 Å². The summed E-state index contributed by atoms with van der Waals surface area (Å²) in [6.07, 6.45) is 0. The minimum absolute atomic E-state index is 0.0875. The van der Waals surface area contributed by atoms with Crippen molar-refractivity contribution in [2.24, 2.45) is 11.8 Å². The fourth-order valence-corrected chi connectivity index (χ4v) is 3.04. The molecule has 1 aromatic rings. The highest BCUT2D eigenvalue weighted by Gasteiger charge is 2.36. The molecule has 2 heterocycles. The van der Waals surface area contributed by atoms with Crippen LogP contribution in [-0.4, -0.2) is 38.2 Å². The Labute approximate surface area is 111 Å². The number of hydrogen-bond acceptors (Lipinski definition) is 5. The summed E-state index contributed by atoms with van der Waals surface area (Å²) in [6, 6.07) is 4.97. The van der Waals surface area contributed by atoms with Gasteiger partial charge in [0.15, 0.2) is 0 Å². The topological polar surface area (TPSA) is 67.6 Å². The van der Waals surface area contributed by atoms with E-state index in [9.17, 15) is 10.1 Å². The average molecular weight is 263 g/mol. The van der Waals surface area contributed by atoms with Crippen molar-refractivity contribution >= 4 is 11.4 Å². The summed E-state index contributed by atoms with van der Waals surface area (Å²) in [6.45, 7) is 4.02. The van der Waals surface area contributed by atoms with Crippen molar-refractivity contribution < 1.29 is 9.66 Å². The molecule has 1 N–H and O–H groups in total. The Kier molecular flexibility index (Phi) is 3.02. The van der Waals surface area contributed by atoms with Gasteiger partial charge in [0.1, 0.15) is 5.75 Å². The second-order valence-corrected chi connectivity index (χ2v) is 5.23. The molecule has 0 aromatic heterocycles. The first-order valence-electron chi connectivity index (χ1n) is 6.46. The number of anilines is 1. The molecule has 0 spiro atoms. The molecule has 0 aliphatic carbocycles. The number of benzene rings is 1. The first kappa shape index (κ1) is 12.2. The van der Waals surface area contributed by atoms with Crippen molar-refractivity contribution in [1.82, 2.24) is 5.32 Å². The number of non-ortho nitro benzene ring substituents is 1. The van der Waals surface area contributed by atoms with Crippen molar-refractivity contribution in [1.29, 1.82) is 0 Å². The average Bonchev–Trinajstić information content (AvgIpc) is 2.98. The first-order chi connectivity index (χ1) is 9.17. The van der Waals surface area contributed by atoms with E-state index < -0.39 is 0 Å². The van der Waals surface area contributed by atoms with Crippen LogP contribution in [0.4, 0.5) is 11.4 Å².